The van der Waals surface area contributed by atoms with Gasteiger partial charge in [0.05, 0.1) is 15.7 Å². The van der Waals surface area contributed by atoms with Crippen LogP contribution >= 0.6 is 23.2 Å². The van der Waals surface area contributed by atoms with Crippen molar-refractivity contribution in [1.82, 2.24) is 4.90 Å². The van der Waals surface area contributed by atoms with Crippen molar-refractivity contribution in [1.29, 1.82) is 0 Å². The molecule has 2 aliphatic rings. The third-order valence-corrected chi connectivity index (χ3v) is 5.36. The number of nitrogens with zero attached hydrogens (tertiary/aromatic N) is 1. The van der Waals surface area contributed by atoms with Crippen molar-refractivity contribution in [3.05, 3.63) is 28.2 Å². The topological polar surface area (TPSA) is 41.6 Å². The number of para-hydroxylation sites is 1. The van der Waals surface area contributed by atoms with Gasteiger partial charge in [-0.3, -0.25) is 10.2 Å². The zero-order valence-corrected chi connectivity index (χ0v) is 14.6. The number of benzene rings is 1. The molecule has 1 saturated heterocycles. The highest BCUT2D eigenvalue weighted by atomic mass is 35.5. The first kappa shape index (κ1) is 16.9. The van der Waals surface area contributed by atoms with E-state index in [0.717, 1.165) is 32.4 Å². The van der Waals surface area contributed by atoms with Crippen LogP contribution in [0.5, 0.6) is 0 Å². The Hall–Kier alpha value is -0.970. The number of carbonyl (C=O) groups is 1. The van der Waals surface area contributed by atoms with Crippen molar-refractivity contribution in [3.63, 3.8) is 0 Å². The molecule has 1 aliphatic heterocycles. The molecule has 126 valence electrons. The molecule has 3 rings (SSSR count). The molecule has 1 N–H and O–H groups in total. The summed E-state index contributed by atoms with van der Waals surface area (Å²) in [4.78, 5) is 14.7. The highest BCUT2D eigenvalue weighted by Crippen LogP contribution is 2.31. The maximum Gasteiger partial charge on any atom is 0.412 e. The van der Waals surface area contributed by atoms with E-state index in [1.54, 1.807) is 18.2 Å². The third kappa shape index (κ3) is 4.11. The molecule has 2 fully saturated rings. The zero-order chi connectivity index (χ0) is 16.2. The van der Waals surface area contributed by atoms with E-state index < -0.39 is 6.09 Å². The van der Waals surface area contributed by atoms with E-state index in [4.69, 9.17) is 27.9 Å². The van der Waals surface area contributed by atoms with Gasteiger partial charge in [-0.25, -0.2) is 4.79 Å². The summed E-state index contributed by atoms with van der Waals surface area (Å²) in [6.45, 7) is 2.23. The minimum atomic E-state index is -0.476. The van der Waals surface area contributed by atoms with E-state index in [1.807, 2.05) is 0 Å². The normalized spacial score (nSPS) is 25.3. The van der Waals surface area contributed by atoms with Crippen LogP contribution in [-0.2, 0) is 4.74 Å². The van der Waals surface area contributed by atoms with E-state index in [0.29, 0.717) is 21.8 Å². The van der Waals surface area contributed by atoms with Crippen LogP contribution in [0.25, 0.3) is 0 Å². The molecule has 0 radical (unpaired) electrons. The number of ether oxygens (including phenoxy) is 1. The monoisotopic (exact) mass is 356 g/mol. The molecule has 2 atom stereocenters. The summed E-state index contributed by atoms with van der Waals surface area (Å²) in [5, 5.41) is 3.52. The fourth-order valence-electron chi connectivity index (χ4n) is 3.59. The first-order valence-corrected chi connectivity index (χ1v) is 9.06. The molecule has 1 aromatic carbocycles. The predicted octanol–water partition coefficient (Wildman–Crippen LogP) is 4.95. The van der Waals surface area contributed by atoms with Crippen LogP contribution in [-0.4, -0.2) is 36.2 Å². The van der Waals surface area contributed by atoms with Gasteiger partial charge in [-0.15, -0.1) is 0 Å². The highest BCUT2D eigenvalue weighted by molar-refractivity contribution is 6.39. The number of amides is 1. The molecule has 1 amide bonds. The Kier molecular flexibility index (Phi) is 5.67. The smallest absolute Gasteiger partial charge is 0.412 e. The quantitative estimate of drug-likeness (QED) is 0.832. The largest absolute Gasteiger partial charge is 0.444 e. The lowest BCUT2D eigenvalue weighted by Crippen LogP contribution is -2.46. The zero-order valence-electron chi connectivity index (χ0n) is 13.1. The average Bonchev–Trinajstić information content (AvgIpc) is 3.06. The van der Waals surface area contributed by atoms with Gasteiger partial charge in [0.2, 0.25) is 0 Å². The van der Waals surface area contributed by atoms with E-state index in [9.17, 15) is 4.79 Å². The summed E-state index contributed by atoms with van der Waals surface area (Å²) in [7, 11) is 0. The number of hydrogen-bond acceptors (Lipinski definition) is 3. The molecule has 0 bridgehead atoms. The van der Waals surface area contributed by atoms with E-state index in [-0.39, 0.29) is 6.10 Å². The van der Waals surface area contributed by atoms with Crippen LogP contribution in [0.3, 0.4) is 0 Å². The van der Waals surface area contributed by atoms with Gasteiger partial charge in [-0.1, -0.05) is 35.7 Å². The number of nitrogens with one attached hydrogen (secondary N) is 1. The second-order valence-electron chi connectivity index (χ2n) is 6.26. The summed E-state index contributed by atoms with van der Waals surface area (Å²) < 4.78 is 5.72. The summed E-state index contributed by atoms with van der Waals surface area (Å²) in [6.07, 6.45) is 6.29. The van der Waals surface area contributed by atoms with Gasteiger partial charge in [-0.05, 0) is 57.3 Å². The summed E-state index contributed by atoms with van der Waals surface area (Å²) >= 11 is 12.2. The SMILES string of the molecule is O=C(Nc1c(Cl)cccc1Cl)OC1CCCCC1N1CCCC1. The highest BCUT2D eigenvalue weighted by Gasteiger charge is 2.34. The lowest BCUT2D eigenvalue weighted by Gasteiger charge is -2.37. The van der Waals surface area contributed by atoms with Gasteiger partial charge >= 0.3 is 6.09 Å². The lowest BCUT2D eigenvalue weighted by atomic mass is 9.91. The van der Waals surface area contributed by atoms with Gasteiger partial charge in [-0.2, -0.15) is 0 Å². The second kappa shape index (κ2) is 7.73. The van der Waals surface area contributed by atoms with Crippen LogP contribution in [0, 0.1) is 0 Å². The maximum absolute atomic E-state index is 12.3. The molecule has 4 nitrogen and oxygen atoms in total. The predicted molar refractivity (Wildman–Crippen MR) is 93.4 cm³/mol. The summed E-state index contributed by atoms with van der Waals surface area (Å²) in [5.41, 5.74) is 0.411. The number of halogens is 2. The van der Waals surface area contributed by atoms with Crippen molar-refractivity contribution in [3.8, 4) is 0 Å². The first-order chi connectivity index (χ1) is 11.1. The van der Waals surface area contributed by atoms with Gasteiger partial charge in [0.15, 0.2) is 0 Å². The maximum atomic E-state index is 12.3. The van der Waals surface area contributed by atoms with Crippen LogP contribution in [0.2, 0.25) is 10.0 Å². The van der Waals surface area contributed by atoms with E-state index in [2.05, 4.69) is 10.2 Å². The molecule has 1 aromatic rings. The average molecular weight is 357 g/mol. The molecule has 1 saturated carbocycles. The standard InChI is InChI=1S/C17H22Cl2N2O2/c18-12-6-5-7-13(19)16(12)20-17(22)23-15-9-2-1-8-14(15)21-10-3-4-11-21/h5-7,14-15H,1-4,8-11H2,(H,20,22). The van der Waals surface area contributed by atoms with Crippen molar-refractivity contribution in [2.24, 2.45) is 0 Å². The van der Waals surface area contributed by atoms with Crippen molar-refractivity contribution < 1.29 is 9.53 Å². The number of hydrogen-bond donors (Lipinski definition) is 1. The minimum Gasteiger partial charge on any atom is -0.444 e. The Morgan fingerprint density at radius 1 is 1.09 bits per heavy atom. The Labute approximate surface area is 147 Å². The Morgan fingerprint density at radius 2 is 1.74 bits per heavy atom. The number of likely N-dealkylation sites (tertiary alicyclic amines) is 1. The Bertz CT molecular complexity index is 541. The van der Waals surface area contributed by atoms with Gasteiger partial charge < -0.3 is 4.74 Å². The second-order valence-corrected chi connectivity index (χ2v) is 7.07. The third-order valence-electron chi connectivity index (χ3n) is 4.73. The molecular weight excluding hydrogens is 335 g/mol. The van der Waals surface area contributed by atoms with Crippen molar-refractivity contribution in [2.45, 2.75) is 50.7 Å². The molecule has 1 aliphatic carbocycles. The fourth-order valence-corrected chi connectivity index (χ4v) is 4.08. The van der Waals surface area contributed by atoms with E-state index in [1.165, 1.54) is 19.3 Å². The summed E-state index contributed by atoms with van der Waals surface area (Å²) in [5.74, 6) is 0. The summed E-state index contributed by atoms with van der Waals surface area (Å²) in [6, 6.07) is 5.47. The number of anilines is 1. The molecule has 0 aromatic heterocycles. The lowest BCUT2D eigenvalue weighted by molar-refractivity contribution is 0.0176. The molecule has 1 heterocycles. The van der Waals surface area contributed by atoms with Gasteiger partial charge in [0, 0.05) is 6.04 Å². The molecule has 2 unspecified atom stereocenters. The molecule has 6 heteroatoms. The van der Waals surface area contributed by atoms with Crippen molar-refractivity contribution in [2.75, 3.05) is 18.4 Å². The Morgan fingerprint density at radius 3 is 2.43 bits per heavy atom. The number of carbonyl (C=O) groups excluding carboxylic acids is 1. The van der Waals surface area contributed by atoms with Crippen LogP contribution in [0.15, 0.2) is 18.2 Å². The Balaban J connectivity index is 1.63. The molecular formula is C17H22Cl2N2O2. The fraction of sp³-hybridized carbons (Fsp3) is 0.588. The van der Waals surface area contributed by atoms with Crippen LogP contribution < -0.4 is 5.32 Å². The molecule has 0 spiro atoms. The van der Waals surface area contributed by atoms with Crippen molar-refractivity contribution >= 4 is 35.0 Å². The molecule has 23 heavy (non-hydrogen) atoms. The minimum absolute atomic E-state index is 0.0527. The van der Waals surface area contributed by atoms with Gasteiger partial charge in [0.25, 0.3) is 0 Å². The van der Waals surface area contributed by atoms with Crippen LogP contribution in [0.4, 0.5) is 10.5 Å². The first-order valence-electron chi connectivity index (χ1n) is 8.31. The van der Waals surface area contributed by atoms with Crippen LogP contribution in [0.1, 0.15) is 38.5 Å². The number of rotatable bonds is 3. The van der Waals surface area contributed by atoms with Gasteiger partial charge in [0.1, 0.15) is 6.10 Å². The van der Waals surface area contributed by atoms with E-state index >= 15 is 0 Å².